The van der Waals surface area contributed by atoms with E-state index < -0.39 is 0 Å². The van der Waals surface area contributed by atoms with Crippen molar-refractivity contribution in [2.45, 2.75) is 0 Å². The zero-order valence-corrected chi connectivity index (χ0v) is 12.6. The fraction of sp³-hybridized carbons (Fsp3) is 0. The highest BCUT2D eigenvalue weighted by Gasteiger charge is 2.00. The fourth-order valence-electron chi connectivity index (χ4n) is 1.91. The molecule has 0 saturated heterocycles. The molecule has 0 atom stereocenters. The summed E-state index contributed by atoms with van der Waals surface area (Å²) < 4.78 is 5.77. The minimum Gasteiger partial charge on any atom is -0.457 e. The highest BCUT2D eigenvalue weighted by atomic mass is 16.5. The standard InChI is InChI=1S/C16H15N7O/c17-14-20-15(18)22-16(21-14)23-19-10-11-5-4-8-13(9-11)24-12-6-2-1-3-7-12/h1-10H,(H5,17,18,20,21,22,23). The molecule has 1 heterocycles. The van der Waals surface area contributed by atoms with E-state index in [1.165, 1.54) is 0 Å². The molecule has 2 aromatic carbocycles. The first-order valence-corrected chi connectivity index (χ1v) is 7.08. The lowest BCUT2D eigenvalue weighted by Gasteiger charge is -2.05. The van der Waals surface area contributed by atoms with Gasteiger partial charge in [-0.1, -0.05) is 30.3 Å². The lowest BCUT2D eigenvalue weighted by molar-refractivity contribution is 0.482. The number of para-hydroxylation sites is 1. The maximum absolute atomic E-state index is 5.77. The predicted molar refractivity (Wildman–Crippen MR) is 92.8 cm³/mol. The van der Waals surface area contributed by atoms with Gasteiger partial charge >= 0.3 is 0 Å². The SMILES string of the molecule is Nc1nc(N)nc(NN=Cc2cccc(Oc3ccccc3)c2)n1. The molecule has 120 valence electrons. The Morgan fingerprint density at radius 3 is 2.33 bits per heavy atom. The number of nitrogen functional groups attached to an aromatic ring is 2. The molecular weight excluding hydrogens is 306 g/mol. The Hall–Kier alpha value is -3.68. The van der Waals surface area contributed by atoms with Crippen molar-refractivity contribution < 1.29 is 4.74 Å². The molecule has 0 spiro atoms. The van der Waals surface area contributed by atoms with Crippen LogP contribution < -0.4 is 21.6 Å². The molecule has 3 rings (SSSR count). The number of hydrazone groups is 1. The van der Waals surface area contributed by atoms with E-state index in [2.05, 4.69) is 25.5 Å². The topological polar surface area (TPSA) is 124 Å². The van der Waals surface area contributed by atoms with Gasteiger partial charge in [0.15, 0.2) is 0 Å². The van der Waals surface area contributed by atoms with Crippen LogP contribution in [-0.4, -0.2) is 21.2 Å². The number of aromatic nitrogens is 3. The van der Waals surface area contributed by atoms with Gasteiger partial charge in [0, 0.05) is 0 Å². The average molecular weight is 321 g/mol. The minimum absolute atomic E-state index is 0.0264. The second kappa shape index (κ2) is 7.05. The zero-order valence-electron chi connectivity index (χ0n) is 12.6. The van der Waals surface area contributed by atoms with E-state index in [0.717, 1.165) is 11.3 Å². The van der Waals surface area contributed by atoms with Crippen molar-refractivity contribution in [3.8, 4) is 11.5 Å². The number of ether oxygens (including phenoxy) is 1. The fourth-order valence-corrected chi connectivity index (χ4v) is 1.91. The molecule has 0 aliphatic carbocycles. The number of nitrogens with zero attached hydrogens (tertiary/aromatic N) is 4. The molecule has 1 aromatic heterocycles. The summed E-state index contributed by atoms with van der Waals surface area (Å²) in [5.41, 5.74) is 14.5. The molecular formula is C16H15N7O. The van der Waals surface area contributed by atoms with Gasteiger partial charge in [-0.15, -0.1) is 0 Å². The summed E-state index contributed by atoms with van der Waals surface area (Å²) in [5.74, 6) is 1.70. The number of rotatable bonds is 5. The van der Waals surface area contributed by atoms with Crippen LogP contribution in [0.1, 0.15) is 5.56 Å². The third-order valence-electron chi connectivity index (χ3n) is 2.89. The maximum atomic E-state index is 5.77. The summed E-state index contributed by atoms with van der Waals surface area (Å²) in [4.78, 5) is 11.4. The molecule has 0 saturated carbocycles. The molecule has 0 unspecified atom stereocenters. The molecule has 0 aliphatic heterocycles. The molecule has 3 aromatic rings. The summed E-state index contributed by atoms with van der Waals surface area (Å²) in [5, 5.41) is 4.05. The largest absolute Gasteiger partial charge is 0.457 e. The van der Waals surface area contributed by atoms with Gasteiger partial charge in [0.2, 0.25) is 17.8 Å². The lowest BCUT2D eigenvalue weighted by atomic mass is 10.2. The summed E-state index contributed by atoms with van der Waals surface area (Å²) in [6.45, 7) is 0. The Balaban J connectivity index is 1.68. The van der Waals surface area contributed by atoms with Gasteiger partial charge in [-0.2, -0.15) is 20.1 Å². The summed E-state index contributed by atoms with van der Waals surface area (Å²) in [6, 6.07) is 17.0. The molecule has 0 amide bonds. The number of anilines is 3. The number of nitrogens with two attached hydrogens (primary N) is 2. The van der Waals surface area contributed by atoms with Crippen LogP contribution in [0.2, 0.25) is 0 Å². The Morgan fingerprint density at radius 2 is 1.58 bits per heavy atom. The van der Waals surface area contributed by atoms with E-state index in [9.17, 15) is 0 Å². The molecule has 0 aliphatic rings. The molecule has 0 bridgehead atoms. The summed E-state index contributed by atoms with van der Waals surface area (Å²) >= 11 is 0. The van der Waals surface area contributed by atoms with Crippen molar-refractivity contribution in [2.24, 2.45) is 5.10 Å². The highest BCUT2D eigenvalue weighted by Crippen LogP contribution is 2.21. The average Bonchev–Trinajstić information content (AvgIpc) is 2.55. The van der Waals surface area contributed by atoms with Crippen molar-refractivity contribution >= 4 is 24.1 Å². The number of hydrogen-bond acceptors (Lipinski definition) is 8. The van der Waals surface area contributed by atoms with E-state index in [0.29, 0.717) is 5.75 Å². The van der Waals surface area contributed by atoms with E-state index in [-0.39, 0.29) is 17.8 Å². The first kappa shape index (κ1) is 15.2. The number of nitrogens with one attached hydrogen (secondary N) is 1. The minimum atomic E-state index is 0.0264. The van der Waals surface area contributed by atoms with Gasteiger partial charge in [0.25, 0.3) is 0 Å². The van der Waals surface area contributed by atoms with E-state index in [1.807, 2.05) is 54.6 Å². The Kier molecular flexibility index (Phi) is 4.47. The Labute approximate surface area is 138 Å². The third-order valence-corrected chi connectivity index (χ3v) is 2.89. The van der Waals surface area contributed by atoms with Gasteiger partial charge < -0.3 is 16.2 Å². The van der Waals surface area contributed by atoms with Crippen molar-refractivity contribution in [3.05, 3.63) is 60.2 Å². The Morgan fingerprint density at radius 1 is 0.875 bits per heavy atom. The zero-order chi connectivity index (χ0) is 16.8. The predicted octanol–water partition coefficient (Wildman–Crippen LogP) is 2.27. The molecule has 0 fully saturated rings. The quantitative estimate of drug-likeness (QED) is 0.486. The highest BCUT2D eigenvalue weighted by molar-refractivity contribution is 5.80. The van der Waals surface area contributed by atoms with Gasteiger partial charge in [0.1, 0.15) is 11.5 Å². The molecule has 8 nitrogen and oxygen atoms in total. The summed E-state index contributed by atoms with van der Waals surface area (Å²) in [7, 11) is 0. The van der Waals surface area contributed by atoms with Gasteiger partial charge in [0.05, 0.1) is 6.21 Å². The van der Waals surface area contributed by atoms with E-state index in [4.69, 9.17) is 16.2 Å². The molecule has 24 heavy (non-hydrogen) atoms. The van der Waals surface area contributed by atoms with Crippen LogP contribution in [0.3, 0.4) is 0 Å². The summed E-state index contributed by atoms with van der Waals surface area (Å²) in [6.07, 6.45) is 1.61. The van der Waals surface area contributed by atoms with Crippen LogP contribution in [0.15, 0.2) is 59.7 Å². The molecule has 5 N–H and O–H groups in total. The van der Waals surface area contributed by atoms with E-state index in [1.54, 1.807) is 6.21 Å². The smallest absolute Gasteiger partial charge is 0.250 e. The second-order valence-electron chi connectivity index (χ2n) is 4.73. The van der Waals surface area contributed by atoms with Crippen LogP contribution in [0, 0.1) is 0 Å². The first-order chi connectivity index (χ1) is 11.7. The van der Waals surface area contributed by atoms with Crippen LogP contribution in [0.5, 0.6) is 11.5 Å². The van der Waals surface area contributed by atoms with Crippen LogP contribution >= 0.6 is 0 Å². The lowest BCUT2D eigenvalue weighted by Crippen LogP contribution is -2.06. The number of hydrogen-bond donors (Lipinski definition) is 3. The van der Waals surface area contributed by atoms with Crippen molar-refractivity contribution in [2.75, 3.05) is 16.9 Å². The normalized spacial score (nSPS) is 10.7. The van der Waals surface area contributed by atoms with Crippen molar-refractivity contribution in [1.82, 2.24) is 15.0 Å². The van der Waals surface area contributed by atoms with E-state index >= 15 is 0 Å². The first-order valence-electron chi connectivity index (χ1n) is 7.08. The van der Waals surface area contributed by atoms with Crippen LogP contribution in [-0.2, 0) is 0 Å². The van der Waals surface area contributed by atoms with Crippen molar-refractivity contribution in [1.29, 1.82) is 0 Å². The monoisotopic (exact) mass is 321 g/mol. The molecule has 8 heteroatoms. The van der Waals surface area contributed by atoms with Gasteiger partial charge in [-0.25, -0.2) is 5.43 Å². The Bertz CT molecular complexity index is 832. The van der Waals surface area contributed by atoms with Crippen LogP contribution in [0.25, 0.3) is 0 Å². The van der Waals surface area contributed by atoms with Crippen LogP contribution in [0.4, 0.5) is 17.8 Å². The maximum Gasteiger partial charge on any atom is 0.250 e. The second-order valence-corrected chi connectivity index (χ2v) is 4.73. The number of benzene rings is 2. The molecule has 0 radical (unpaired) electrons. The third kappa shape index (κ3) is 4.17. The van der Waals surface area contributed by atoms with Gasteiger partial charge in [-0.3, -0.25) is 0 Å². The van der Waals surface area contributed by atoms with Crippen molar-refractivity contribution in [3.63, 3.8) is 0 Å². The van der Waals surface area contributed by atoms with Gasteiger partial charge in [-0.05, 0) is 29.8 Å².